The monoisotopic (exact) mass is 336 g/mol. The van der Waals surface area contributed by atoms with Crippen molar-refractivity contribution in [2.75, 3.05) is 11.9 Å². The van der Waals surface area contributed by atoms with Crippen molar-refractivity contribution < 1.29 is 14.6 Å². The van der Waals surface area contributed by atoms with Crippen LogP contribution in [-0.4, -0.2) is 27.8 Å². The van der Waals surface area contributed by atoms with Crippen molar-refractivity contribution in [3.8, 4) is 5.75 Å². The van der Waals surface area contributed by atoms with Crippen molar-refractivity contribution >= 4 is 37.8 Å². The highest BCUT2D eigenvalue weighted by molar-refractivity contribution is 9.12. The molecule has 3 nitrogen and oxygen atoms in total. The van der Waals surface area contributed by atoms with Crippen molar-refractivity contribution in [1.82, 2.24) is 0 Å². The number of carboxylic acids is 1. The summed E-state index contributed by atoms with van der Waals surface area (Å²) < 4.78 is 5.42. The van der Waals surface area contributed by atoms with Crippen LogP contribution in [0.3, 0.4) is 0 Å². The lowest BCUT2D eigenvalue weighted by Crippen LogP contribution is -2.12. The van der Waals surface area contributed by atoms with Gasteiger partial charge in [-0.15, -0.1) is 0 Å². The molecule has 1 rings (SSSR count). The molecule has 15 heavy (non-hydrogen) atoms. The van der Waals surface area contributed by atoms with Gasteiger partial charge < -0.3 is 9.84 Å². The zero-order valence-electron chi connectivity index (χ0n) is 7.82. The zero-order chi connectivity index (χ0) is 11.3. The van der Waals surface area contributed by atoms with E-state index in [1.807, 2.05) is 0 Å². The number of aromatic carboxylic acids is 1. The van der Waals surface area contributed by atoms with Gasteiger partial charge in [0.15, 0.2) is 0 Å². The Hall–Kier alpha value is -0.550. The van der Waals surface area contributed by atoms with Crippen molar-refractivity contribution in [2.24, 2.45) is 0 Å². The standard InChI is InChI=1S/C10H10Br2O3/c11-5-8(12)6-15-9-3-1-7(2-4-9)10(13)14/h1-4,8H,5-6H2,(H,13,14). The predicted octanol–water partition coefficient (Wildman–Crippen LogP) is 2.92. The van der Waals surface area contributed by atoms with E-state index in [0.29, 0.717) is 12.4 Å². The van der Waals surface area contributed by atoms with Gasteiger partial charge in [-0.05, 0) is 24.3 Å². The highest BCUT2D eigenvalue weighted by Crippen LogP contribution is 2.14. The maximum atomic E-state index is 10.6. The molecule has 0 saturated carbocycles. The van der Waals surface area contributed by atoms with Crippen LogP contribution in [0, 0.1) is 0 Å². The Bertz CT molecular complexity index is 324. The first-order valence-corrected chi connectivity index (χ1v) is 6.33. The van der Waals surface area contributed by atoms with E-state index in [-0.39, 0.29) is 10.4 Å². The van der Waals surface area contributed by atoms with E-state index in [2.05, 4.69) is 31.9 Å². The molecule has 0 saturated heterocycles. The SMILES string of the molecule is O=C(O)c1ccc(OCC(Br)CBr)cc1. The molecule has 1 aromatic rings. The summed E-state index contributed by atoms with van der Waals surface area (Å²) in [6.45, 7) is 0.539. The van der Waals surface area contributed by atoms with Gasteiger partial charge >= 0.3 is 5.97 Å². The summed E-state index contributed by atoms with van der Waals surface area (Å²) in [5, 5.41) is 9.48. The maximum Gasteiger partial charge on any atom is 0.335 e. The minimum absolute atomic E-state index is 0.247. The number of rotatable bonds is 5. The second-order valence-corrected chi connectivity index (χ2v) is 4.83. The van der Waals surface area contributed by atoms with Gasteiger partial charge in [-0.3, -0.25) is 0 Å². The fraction of sp³-hybridized carbons (Fsp3) is 0.300. The molecule has 0 aliphatic carbocycles. The molecule has 0 fully saturated rings. The van der Waals surface area contributed by atoms with E-state index >= 15 is 0 Å². The Balaban J connectivity index is 2.53. The molecular weight excluding hydrogens is 328 g/mol. The Morgan fingerprint density at radius 3 is 2.47 bits per heavy atom. The largest absolute Gasteiger partial charge is 0.492 e. The molecular formula is C10H10Br2O3. The maximum absolute atomic E-state index is 10.6. The van der Waals surface area contributed by atoms with Crippen molar-refractivity contribution in [3.63, 3.8) is 0 Å². The Kier molecular flexibility index (Phi) is 5.11. The number of carboxylic acid groups (broad SMARTS) is 1. The van der Waals surface area contributed by atoms with Crippen LogP contribution in [0.4, 0.5) is 0 Å². The third-order valence-electron chi connectivity index (χ3n) is 1.70. The average Bonchev–Trinajstić information content (AvgIpc) is 2.26. The molecule has 1 aromatic carbocycles. The summed E-state index contributed by atoms with van der Waals surface area (Å²) >= 11 is 6.72. The van der Waals surface area contributed by atoms with Crippen LogP contribution in [0.1, 0.15) is 10.4 Å². The van der Waals surface area contributed by atoms with Crippen LogP contribution in [0.15, 0.2) is 24.3 Å². The number of alkyl halides is 2. The molecule has 0 aliphatic heterocycles. The molecule has 0 aromatic heterocycles. The summed E-state index contributed by atoms with van der Waals surface area (Å²) in [5.74, 6) is -0.259. The molecule has 5 heteroatoms. The summed E-state index contributed by atoms with van der Waals surface area (Å²) in [7, 11) is 0. The quantitative estimate of drug-likeness (QED) is 0.840. The van der Waals surface area contributed by atoms with Gasteiger partial charge in [0.2, 0.25) is 0 Å². The number of halogens is 2. The van der Waals surface area contributed by atoms with Gasteiger partial charge in [0.1, 0.15) is 12.4 Å². The topological polar surface area (TPSA) is 46.5 Å². The number of benzene rings is 1. The van der Waals surface area contributed by atoms with Gasteiger partial charge in [-0.2, -0.15) is 0 Å². The lowest BCUT2D eigenvalue weighted by molar-refractivity contribution is 0.0697. The van der Waals surface area contributed by atoms with Crippen LogP contribution in [-0.2, 0) is 0 Å². The lowest BCUT2D eigenvalue weighted by Gasteiger charge is -2.08. The number of hydrogen-bond donors (Lipinski definition) is 1. The molecule has 0 amide bonds. The van der Waals surface area contributed by atoms with Gasteiger partial charge in [-0.1, -0.05) is 31.9 Å². The third-order valence-corrected chi connectivity index (χ3v) is 3.94. The Labute approximate surface area is 105 Å². The van der Waals surface area contributed by atoms with E-state index in [4.69, 9.17) is 9.84 Å². The molecule has 1 unspecified atom stereocenters. The summed E-state index contributed by atoms with van der Waals surface area (Å²) in [6.07, 6.45) is 0. The molecule has 0 aliphatic rings. The first-order valence-electron chi connectivity index (χ1n) is 4.29. The first kappa shape index (κ1) is 12.5. The average molecular weight is 338 g/mol. The predicted molar refractivity (Wildman–Crippen MR) is 65.4 cm³/mol. The molecule has 82 valence electrons. The second kappa shape index (κ2) is 6.12. The number of ether oxygens (including phenoxy) is 1. The minimum Gasteiger partial charge on any atom is -0.492 e. The smallest absolute Gasteiger partial charge is 0.335 e. The van der Waals surface area contributed by atoms with Crippen molar-refractivity contribution in [1.29, 1.82) is 0 Å². The highest BCUT2D eigenvalue weighted by atomic mass is 79.9. The molecule has 0 bridgehead atoms. The second-order valence-electron chi connectivity index (χ2n) is 2.89. The van der Waals surface area contributed by atoms with Gasteiger partial charge in [0.05, 0.1) is 10.4 Å². The fourth-order valence-corrected chi connectivity index (χ4v) is 1.24. The lowest BCUT2D eigenvalue weighted by atomic mass is 10.2. The van der Waals surface area contributed by atoms with E-state index in [0.717, 1.165) is 5.33 Å². The van der Waals surface area contributed by atoms with Gasteiger partial charge in [0, 0.05) is 5.33 Å². The highest BCUT2D eigenvalue weighted by Gasteiger charge is 2.04. The Morgan fingerprint density at radius 1 is 1.40 bits per heavy atom. The number of hydrogen-bond acceptors (Lipinski definition) is 2. The normalized spacial score (nSPS) is 12.1. The minimum atomic E-state index is -0.930. The van der Waals surface area contributed by atoms with Crippen molar-refractivity contribution in [2.45, 2.75) is 4.83 Å². The zero-order valence-corrected chi connectivity index (χ0v) is 11.0. The molecule has 0 radical (unpaired) electrons. The Morgan fingerprint density at radius 2 is 2.00 bits per heavy atom. The molecule has 1 atom stereocenters. The third kappa shape index (κ3) is 4.22. The molecule has 1 N–H and O–H groups in total. The summed E-state index contributed by atoms with van der Waals surface area (Å²) in [4.78, 5) is 10.8. The van der Waals surface area contributed by atoms with Crippen LogP contribution in [0.2, 0.25) is 0 Å². The van der Waals surface area contributed by atoms with Crippen molar-refractivity contribution in [3.05, 3.63) is 29.8 Å². The fourth-order valence-electron chi connectivity index (χ4n) is 0.925. The summed E-state index contributed by atoms with van der Waals surface area (Å²) in [5.41, 5.74) is 0.262. The van der Waals surface area contributed by atoms with E-state index < -0.39 is 5.97 Å². The number of carbonyl (C=O) groups is 1. The van der Waals surface area contributed by atoms with Gasteiger partial charge in [-0.25, -0.2) is 4.79 Å². The van der Waals surface area contributed by atoms with Crippen LogP contribution in [0.25, 0.3) is 0 Å². The van der Waals surface area contributed by atoms with Crippen LogP contribution in [0.5, 0.6) is 5.75 Å². The van der Waals surface area contributed by atoms with Crippen LogP contribution < -0.4 is 4.74 Å². The molecule has 0 heterocycles. The first-order chi connectivity index (χ1) is 7.13. The summed E-state index contributed by atoms with van der Waals surface area (Å²) in [6, 6.07) is 6.35. The molecule has 0 spiro atoms. The van der Waals surface area contributed by atoms with Gasteiger partial charge in [0.25, 0.3) is 0 Å². The van der Waals surface area contributed by atoms with E-state index in [1.165, 1.54) is 12.1 Å². The van der Waals surface area contributed by atoms with E-state index in [9.17, 15) is 4.79 Å². The van der Waals surface area contributed by atoms with Crippen LogP contribution >= 0.6 is 31.9 Å². The van der Waals surface area contributed by atoms with E-state index in [1.54, 1.807) is 12.1 Å².